The minimum atomic E-state index is -0.180. The van der Waals surface area contributed by atoms with Crippen LogP contribution in [0, 0.1) is 5.41 Å². The second-order valence-corrected chi connectivity index (χ2v) is 7.69. The lowest BCUT2D eigenvalue weighted by atomic mass is 9.85. The van der Waals surface area contributed by atoms with Crippen LogP contribution in [0.1, 0.15) is 42.6 Å². The number of piperidine rings is 1. The third-order valence-corrected chi connectivity index (χ3v) is 6.00. The van der Waals surface area contributed by atoms with Crippen molar-refractivity contribution in [3.05, 3.63) is 47.7 Å². The number of carbonyl (C=O) groups excluding carboxylic acids is 1. The van der Waals surface area contributed by atoms with Crippen LogP contribution in [0.15, 0.2) is 34.7 Å². The normalized spacial score (nSPS) is 25.4. The van der Waals surface area contributed by atoms with E-state index >= 15 is 0 Å². The number of nitrogens with two attached hydrogens (primary N) is 1. The average molecular weight is 369 g/mol. The maximum atomic E-state index is 13.1. The van der Waals surface area contributed by atoms with Crippen LogP contribution in [-0.2, 0) is 17.9 Å². The zero-order valence-corrected chi connectivity index (χ0v) is 15.1. The van der Waals surface area contributed by atoms with Gasteiger partial charge in [0.25, 0.3) is 0 Å². The van der Waals surface area contributed by atoms with E-state index in [0.29, 0.717) is 37.9 Å². The summed E-state index contributed by atoms with van der Waals surface area (Å²) in [6, 6.07) is 9.72. The molecule has 2 amide bonds. The Labute approximate surface area is 157 Å². The molecule has 0 radical (unpaired) electrons. The molecule has 2 atom stereocenters. The Morgan fingerprint density at radius 3 is 2.81 bits per heavy atom. The monoisotopic (exact) mass is 369 g/mol. The first-order valence-corrected chi connectivity index (χ1v) is 9.49. The number of hydrogen-bond donors (Lipinski definition) is 1. The van der Waals surface area contributed by atoms with E-state index in [-0.39, 0.29) is 23.5 Å². The van der Waals surface area contributed by atoms with Crippen molar-refractivity contribution in [1.82, 2.24) is 20.2 Å². The van der Waals surface area contributed by atoms with E-state index in [2.05, 4.69) is 10.2 Å². The predicted molar refractivity (Wildman–Crippen MR) is 95.0 cm³/mol. The van der Waals surface area contributed by atoms with Gasteiger partial charge in [-0.15, -0.1) is 10.2 Å². The summed E-state index contributed by atoms with van der Waals surface area (Å²) in [5.41, 5.74) is 6.72. The van der Waals surface area contributed by atoms with Crippen molar-refractivity contribution in [1.29, 1.82) is 0 Å². The van der Waals surface area contributed by atoms with Crippen LogP contribution in [0.2, 0.25) is 0 Å². The topological polar surface area (TPSA) is 97.7 Å². The zero-order chi connectivity index (χ0) is 18.4. The van der Waals surface area contributed by atoms with Gasteiger partial charge in [0.05, 0.1) is 6.04 Å². The molecule has 2 N–H and O–H groups in total. The first-order chi connectivity index (χ1) is 13.2. The van der Waals surface area contributed by atoms with Crippen LogP contribution in [0.4, 0.5) is 4.79 Å². The molecule has 3 aliphatic rings. The molecule has 8 nitrogen and oxygen atoms in total. The van der Waals surface area contributed by atoms with Crippen LogP contribution >= 0.6 is 0 Å². The van der Waals surface area contributed by atoms with Crippen LogP contribution in [0.5, 0.6) is 0 Å². The van der Waals surface area contributed by atoms with Gasteiger partial charge in [-0.1, -0.05) is 30.3 Å². The summed E-state index contributed by atoms with van der Waals surface area (Å²) >= 11 is 0. The number of hydroxylamine groups is 2. The number of amides is 2. The minimum Gasteiger partial charge on any atom is -0.423 e. The predicted octanol–water partition coefficient (Wildman–Crippen LogP) is 2.03. The zero-order valence-electron chi connectivity index (χ0n) is 15.1. The van der Waals surface area contributed by atoms with Crippen molar-refractivity contribution >= 4 is 6.03 Å². The summed E-state index contributed by atoms with van der Waals surface area (Å²) in [4.78, 5) is 20.9. The largest absolute Gasteiger partial charge is 0.423 e. The quantitative estimate of drug-likeness (QED) is 0.837. The smallest absolute Gasteiger partial charge is 0.345 e. The number of benzene rings is 1. The van der Waals surface area contributed by atoms with Crippen LogP contribution in [0.25, 0.3) is 0 Å². The molecule has 1 aromatic heterocycles. The van der Waals surface area contributed by atoms with Gasteiger partial charge in [-0.3, -0.25) is 4.84 Å². The standard InChI is InChI=1S/C19H23N5O3/c20-9-6-16-21-22-17(27-16)14-10-19(7-8-19)15-11-23(14)18(25)24(15)26-12-13-4-2-1-3-5-13/h1-5,14-15H,6-12,20H2/t14-,15-/m0/s1. The van der Waals surface area contributed by atoms with Gasteiger partial charge in [0, 0.05) is 19.5 Å². The van der Waals surface area contributed by atoms with E-state index < -0.39 is 0 Å². The van der Waals surface area contributed by atoms with Crippen molar-refractivity contribution in [3.8, 4) is 0 Å². The fraction of sp³-hybridized carbons (Fsp3) is 0.526. The highest BCUT2D eigenvalue weighted by Crippen LogP contribution is 2.61. The van der Waals surface area contributed by atoms with Crippen molar-refractivity contribution in [3.63, 3.8) is 0 Å². The first kappa shape index (κ1) is 16.7. The molecule has 142 valence electrons. The van der Waals surface area contributed by atoms with Crippen molar-refractivity contribution in [2.24, 2.45) is 11.1 Å². The highest BCUT2D eigenvalue weighted by atomic mass is 16.7. The lowest BCUT2D eigenvalue weighted by Gasteiger charge is -2.35. The van der Waals surface area contributed by atoms with Gasteiger partial charge in [0.2, 0.25) is 11.8 Å². The Kier molecular flexibility index (Phi) is 3.91. The highest BCUT2D eigenvalue weighted by molar-refractivity contribution is 5.77. The molecule has 2 bridgehead atoms. The van der Waals surface area contributed by atoms with E-state index in [0.717, 1.165) is 24.8 Å². The molecule has 3 fully saturated rings. The summed E-state index contributed by atoms with van der Waals surface area (Å²) in [5, 5.41) is 9.86. The van der Waals surface area contributed by atoms with Gasteiger partial charge in [-0.05, 0) is 30.2 Å². The molecule has 0 unspecified atom stereocenters. The van der Waals surface area contributed by atoms with Crippen molar-refractivity contribution in [2.45, 2.75) is 44.4 Å². The van der Waals surface area contributed by atoms with Crippen molar-refractivity contribution in [2.75, 3.05) is 13.1 Å². The lowest BCUT2D eigenvalue weighted by molar-refractivity contribution is -0.153. The number of nitrogens with zero attached hydrogens (tertiary/aromatic N) is 4. The van der Waals surface area contributed by atoms with E-state index in [1.165, 1.54) is 0 Å². The fourth-order valence-corrected chi connectivity index (χ4v) is 4.34. The average Bonchev–Trinajstić information content (AvgIpc) is 3.18. The molecule has 1 spiro atoms. The Morgan fingerprint density at radius 1 is 1.26 bits per heavy atom. The highest BCUT2D eigenvalue weighted by Gasteiger charge is 2.64. The summed E-state index contributed by atoms with van der Waals surface area (Å²) in [6.45, 7) is 1.49. The van der Waals surface area contributed by atoms with E-state index in [1.807, 2.05) is 35.2 Å². The molecule has 2 aromatic rings. The maximum Gasteiger partial charge on any atom is 0.345 e. The van der Waals surface area contributed by atoms with E-state index in [9.17, 15) is 4.79 Å². The third-order valence-electron chi connectivity index (χ3n) is 6.00. The molecule has 1 saturated carbocycles. The Bertz CT molecular complexity index is 835. The van der Waals surface area contributed by atoms with Gasteiger partial charge >= 0.3 is 6.03 Å². The second-order valence-electron chi connectivity index (χ2n) is 7.69. The number of aromatic nitrogens is 2. The summed E-state index contributed by atoms with van der Waals surface area (Å²) in [7, 11) is 0. The summed E-state index contributed by atoms with van der Waals surface area (Å²) < 4.78 is 5.79. The Balaban J connectivity index is 1.37. The summed E-state index contributed by atoms with van der Waals surface area (Å²) in [6.07, 6.45) is 3.60. The third kappa shape index (κ3) is 2.80. The number of hydrogen-bond acceptors (Lipinski definition) is 6. The number of rotatable bonds is 6. The number of urea groups is 1. The Hall–Kier alpha value is -2.45. The molecule has 8 heteroatoms. The van der Waals surface area contributed by atoms with Gasteiger partial charge in [-0.2, -0.15) is 5.06 Å². The van der Waals surface area contributed by atoms with Crippen LogP contribution in [-0.4, -0.2) is 45.3 Å². The van der Waals surface area contributed by atoms with E-state index in [1.54, 1.807) is 5.06 Å². The molecule has 27 heavy (non-hydrogen) atoms. The Morgan fingerprint density at radius 2 is 2.07 bits per heavy atom. The van der Waals surface area contributed by atoms with Gasteiger partial charge in [0.1, 0.15) is 12.6 Å². The lowest BCUT2D eigenvalue weighted by Crippen LogP contribution is -2.42. The van der Waals surface area contributed by atoms with Crippen LogP contribution < -0.4 is 5.73 Å². The first-order valence-electron chi connectivity index (χ1n) is 9.49. The van der Waals surface area contributed by atoms with E-state index in [4.69, 9.17) is 15.0 Å². The molecule has 1 aliphatic carbocycles. The second kappa shape index (κ2) is 6.31. The molecule has 2 saturated heterocycles. The molecule has 3 heterocycles. The molecule has 2 aliphatic heterocycles. The number of carbonyl (C=O) groups is 1. The van der Waals surface area contributed by atoms with Gasteiger partial charge in [0.15, 0.2) is 0 Å². The van der Waals surface area contributed by atoms with Crippen molar-refractivity contribution < 1.29 is 14.0 Å². The maximum absolute atomic E-state index is 13.1. The fourth-order valence-electron chi connectivity index (χ4n) is 4.34. The van der Waals surface area contributed by atoms with Gasteiger partial charge < -0.3 is 15.1 Å². The minimum absolute atomic E-state index is 0.0939. The molecular weight excluding hydrogens is 346 g/mol. The number of fused-ring (bicyclic) bond motifs is 3. The van der Waals surface area contributed by atoms with Gasteiger partial charge in [-0.25, -0.2) is 4.79 Å². The molecule has 5 rings (SSSR count). The van der Waals surface area contributed by atoms with Crippen LogP contribution in [0.3, 0.4) is 0 Å². The molecular formula is C19H23N5O3. The SMILES string of the molecule is NCCc1nnc([C@@H]2CC3(CC3)[C@@H]3CN2C(=O)N3OCc2ccccc2)o1. The summed E-state index contributed by atoms with van der Waals surface area (Å²) in [5.74, 6) is 1.05. The molecule has 1 aromatic carbocycles.